The minimum absolute atomic E-state index is 1.05. The summed E-state index contributed by atoms with van der Waals surface area (Å²) in [6.07, 6.45) is 19.3. The third kappa shape index (κ3) is 18.1. The van der Waals surface area contributed by atoms with Gasteiger partial charge in [-0.1, -0.05) is 89.2 Å². The maximum absolute atomic E-state index is 4.29. The minimum atomic E-state index is 1.05. The van der Waals surface area contributed by atoms with Crippen molar-refractivity contribution in [1.29, 1.82) is 0 Å². The predicted octanol–water partition coefficient (Wildman–Crippen LogP) is 20.3. The van der Waals surface area contributed by atoms with Gasteiger partial charge in [0.2, 0.25) is 0 Å². The standard InChI is InChI=1S/C11H13N.5C10H12N2.6C2H6/c1-8-7-11-6-4-5-9(2)12(11)10(8)3;1-7-4-11-6-12-5-8(2)9(3)10(7)12;1-7-4-10-6-11-5-8(2)12(10)9(7)3;1-7-6-12-5-4-11-9(3)10(12)8(7)2;1-7-6-10-4-5-11-9(3)12(10)8(7)2;1-7-6-10-11-5-4-8(2)12(10)9(7)3;6*1-2/h4-7H,1-3H3;5*4-6H,1-3H3;6*1-2H3. The molecule has 0 saturated heterocycles. The molecular formula is C73H109N11. The second-order valence-electron chi connectivity index (χ2n) is 19.4. The fourth-order valence-corrected chi connectivity index (χ4v) is 9.68. The molecule has 0 saturated carbocycles. The Morgan fingerprint density at radius 3 is 1.31 bits per heavy atom. The molecular weight excluding hydrogens is 1030 g/mol. The van der Waals surface area contributed by atoms with Crippen molar-refractivity contribution in [2.75, 3.05) is 0 Å². The highest BCUT2D eigenvalue weighted by atomic mass is 15.0. The highest BCUT2D eigenvalue weighted by Gasteiger charge is 2.08. The van der Waals surface area contributed by atoms with Crippen molar-refractivity contribution >= 4 is 33.2 Å². The molecule has 0 spiro atoms. The summed E-state index contributed by atoms with van der Waals surface area (Å²) in [6.45, 7) is 62.1. The normalized spacial score (nSPS) is 9.79. The first-order valence-corrected chi connectivity index (χ1v) is 30.7. The van der Waals surface area contributed by atoms with E-state index < -0.39 is 0 Å². The Kier molecular flexibility index (Phi) is 32.4. The molecule has 0 bridgehead atoms. The summed E-state index contributed by atoms with van der Waals surface area (Å²) < 4.78 is 13.1. The van der Waals surface area contributed by atoms with E-state index in [9.17, 15) is 0 Å². The van der Waals surface area contributed by atoms with Crippen LogP contribution in [-0.4, -0.2) is 51.3 Å². The van der Waals surface area contributed by atoms with Gasteiger partial charge in [-0.15, -0.1) is 0 Å². The lowest BCUT2D eigenvalue weighted by atomic mass is 10.2. The van der Waals surface area contributed by atoms with Gasteiger partial charge in [0.15, 0.2) is 0 Å². The van der Waals surface area contributed by atoms with E-state index in [2.05, 4.69) is 217 Å². The third-order valence-corrected chi connectivity index (χ3v) is 14.3. The van der Waals surface area contributed by atoms with Crippen molar-refractivity contribution in [3.05, 3.63) is 218 Å². The average Bonchev–Trinajstić information content (AvgIpc) is 4.39. The van der Waals surface area contributed by atoms with Gasteiger partial charge in [0.25, 0.3) is 0 Å². The number of rotatable bonds is 0. The monoisotopic (exact) mass is 1140 g/mol. The molecule has 0 aromatic carbocycles. The van der Waals surface area contributed by atoms with Gasteiger partial charge in [-0.2, -0.15) is 0 Å². The lowest BCUT2D eigenvalue weighted by Crippen LogP contribution is -1.95. The Hall–Kier alpha value is -7.79. The van der Waals surface area contributed by atoms with Crippen molar-refractivity contribution in [3.8, 4) is 0 Å². The molecule has 0 atom stereocenters. The Balaban J connectivity index is 0.000000486. The Morgan fingerprint density at radius 2 is 0.798 bits per heavy atom. The van der Waals surface area contributed by atoms with Gasteiger partial charge in [0, 0.05) is 100 Å². The van der Waals surface area contributed by atoms with Gasteiger partial charge in [0.1, 0.15) is 11.5 Å². The van der Waals surface area contributed by atoms with Crippen molar-refractivity contribution in [3.63, 3.8) is 0 Å². The molecule has 0 unspecified atom stereocenters. The van der Waals surface area contributed by atoms with Crippen LogP contribution in [0.1, 0.15) is 185 Å². The van der Waals surface area contributed by atoms with Crippen LogP contribution in [0, 0.1) is 125 Å². The molecule has 12 aromatic rings. The van der Waals surface area contributed by atoms with Crippen LogP contribution in [0.2, 0.25) is 0 Å². The van der Waals surface area contributed by atoms with E-state index in [1.807, 2.05) is 159 Å². The second kappa shape index (κ2) is 36.7. The lowest BCUT2D eigenvalue weighted by molar-refractivity contribution is 0.953. The minimum Gasteiger partial charge on any atom is -0.320 e. The van der Waals surface area contributed by atoms with E-state index in [4.69, 9.17) is 0 Å². The summed E-state index contributed by atoms with van der Waals surface area (Å²) in [5, 5.41) is 0. The van der Waals surface area contributed by atoms with Gasteiger partial charge >= 0.3 is 0 Å². The van der Waals surface area contributed by atoms with Crippen molar-refractivity contribution < 1.29 is 0 Å². The van der Waals surface area contributed by atoms with Crippen molar-refractivity contribution in [2.24, 2.45) is 0 Å². The van der Waals surface area contributed by atoms with Gasteiger partial charge < -0.3 is 26.4 Å². The van der Waals surface area contributed by atoms with E-state index in [1.165, 1.54) is 118 Å². The number of hydrogen-bond acceptors (Lipinski definition) is 5. The van der Waals surface area contributed by atoms with E-state index in [-0.39, 0.29) is 0 Å². The molecule has 0 fully saturated rings. The zero-order valence-electron chi connectivity index (χ0n) is 57.9. The predicted molar refractivity (Wildman–Crippen MR) is 367 cm³/mol. The van der Waals surface area contributed by atoms with Crippen LogP contribution in [0.15, 0.2) is 117 Å². The third-order valence-electron chi connectivity index (χ3n) is 14.3. The maximum atomic E-state index is 4.29. The Bertz CT molecular complexity index is 3210. The highest BCUT2D eigenvalue weighted by Crippen LogP contribution is 2.22. The molecule has 12 rings (SSSR count). The van der Waals surface area contributed by atoms with E-state index in [1.54, 1.807) is 0 Å². The van der Waals surface area contributed by atoms with Gasteiger partial charge in [0.05, 0.1) is 34.8 Å². The van der Waals surface area contributed by atoms with Crippen LogP contribution in [0.5, 0.6) is 0 Å². The molecule has 12 aromatic heterocycles. The number of aryl methyl sites for hydroxylation is 18. The zero-order valence-corrected chi connectivity index (χ0v) is 57.9. The zero-order chi connectivity index (χ0) is 64.3. The Morgan fingerprint density at radius 1 is 0.333 bits per heavy atom. The topological polar surface area (TPSA) is 90.9 Å². The molecule has 11 nitrogen and oxygen atoms in total. The second-order valence-corrected chi connectivity index (χ2v) is 19.4. The first kappa shape index (κ1) is 74.2. The number of fused-ring (bicyclic) bond motifs is 6. The van der Waals surface area contributed by atoms with Gasteiger partial charge in [-0.3, -0.25) is 9.97 Å². The van der Waals surface area contributed by atoms with Crippen LogP contribution < -0.4 is 0 Å². The van der Waals surface area contributed by atoms with E-state index in [0.717, 1.165) is 17.2 Å². The highest BCUT2D eigenvalue weighted by molar-refractivity contribution is 5.63. The Labute approximate surface area is 508 Å². The number of pyridine rings is 1. The van der Waals surface area contributed by atoms with Crippen molar-refractivity contribution in [1.82, 2.24) is 51.3 Å². The molecule has 12 heterocycles. The lowest BCUT2D eigenvalue weighted by Gasteiger charge is -2.02. The SMILES string of the molecule is CC.CC.CC.CC.CC.CC.Cc1cc2cccc(C)n2c1C.Cc1cc2ccnc(C)n2c1C.Cc1cc2cncc(C)n2c1C.Cc1cc2nccc(C)n2c1C.Cc1cn2ccnc(C)c2c1C.Cc1cn2cncc(C)c2c1C. The molecule has 11 heteroatoms. The summed E-state index contributed by atoms with van der Waals surface area (Å²) in [5.74, 6) is 1.05. The quantitative estimate of drug-likeness (QED) is 0.151. The maximum Gasteiger partial charge on any atom is 0.137 e. The summed E-state index contributed by atoms with van der Waals surface area (Å²) >= 11 is 0. The largest absolute Gasteiger partial charge is 0.320 e. The molecule has 0 aliphatic heterocycles. The van der Waals surface area contributed by atoms with Crippen LogP contribution in [-0.2, 0) is 0 Å². The molecule has 0 N–H and O–H groups in total. The molecule has 0 radical (unpaired) electrons. The molecule has 0 aliphatic carbocycles. The van der Waals surface area contributed by atoms with Crippen LogP contribution in [0.25, 0.3) is 33.2 Å². The van der Waals surface area contributed by atoms with Gasteiger partial charge in [-0.25, -0.2) is 15.0 Å². The first-order valence-electron chi connectivity index (χ1n) is 30.7. The molecule has 456 valence electrons. The fourth-order valence-electron chi connectivity index (χ4n) is 9.68. The van der Waals surface area contributed by atoms with Gasteiger partial charge in [-0.05, 0) is 223 Å². The smallest absolute Gasteiger partial charge is 0.137 e. The van der Waals surface area contributed by atoms with Crippen LogP contribution in [0.4, 0.5) is 0 Å². The van der Waals surface area contributed by atoms with Crippen LogP contribution >= 0.6 is 0 Å². The average molecular weight is 1140 g/mol. The number of nitrogens with zero attached hydrogens (tertiary/aromatic N) is 11. The molecule has 0 aliphatic rings. The molecule has 0 amide bonds. The fraction of sp³-hybridized carbons (Fsp3) is 0.411. The number of hydrogen-bond donors (Lipinski definition) is 0. The van der Waals surface area contributed by atoms with E-state index >= 15 is 0 Å². The summed E-state index contributed by atoms with van der Waals surface area (Å²) in [7, 11) is 0. The number of aromatic nitrogens is 11. The molecule has 84 heavy (non-hydrogen) atoms. The summed E-state index contributed by atoms with van der Waals surface area (Å²) in [5.41, 5.74) is 29.3. The van der Waals surface area contributed by atoms with Crippen molar-refractivity contribution in [2.45, 2.75) is 208 Å². The van der Waals surface area contributed by atoms with Crippen LogP contribution in [0.3, 0.4) is 0 Å². The summed E-state index contributed by atoms with van der Waals surface area (Å²) in [4.78, 5) is 21.1. The first-order chi connectivity index (χ1) is 40.2. The van der Waals surface area contributed by atoms with E-state index in [0.29, 0.717) is 0 Å². The summed E-state index contributed by atoms with van der Waals surface area (Å²) in [6, 6.07) is 19.1.